The highest BCUT2D eigenvalue weighted by atomic mass is 19.1. The Balaban J connectivity index is 1.89. The van der Waals surface area contributed by atoms with Gasteiger partial charge in [0.25, 0.3) is 0 Å². The van der Waals surface area contributed by atoms with Gasteiger partial charge in [0.1, 0.15) is 5.82 Å². The molecule has 116 valence electrons. The van der Waals surface area contributed by atoms with Crippen molar-refractivity contribution in [3.8, 4) is 0 Å². The lowest BCUT2D eigenvalue weighted by Gasteiger charge is -2.39. The Bertz CT molecular complexity index is 476. The SMILES string of the molecule is CCC(N)C(c1cccc(F)c1)N1CCC2CCCCC21. The minimum atomic E-state index is -0.153. The van der Waals surface area contributed by atoms with Crippen molar-refractivity contribution in [1.82, 2.24) is 4.90 Å². The first kappa shape index (κ1) is 15.0. The van der Waals surface area contributed by atoms with Crippen LogP contribution in [0, 0.1) is 11.7 Å². The van der Waals surface area contributed by atoms with Gasteiger partial charge in [-0.15, -0.1) is 0 Å². The number of rotatable bonds is 4. The first-order valence-electron chi connectivity index (χ1n) is 8.47. The third-order valence-electron chi connectivity index (χ3n) is 5.48. The van der Waals surface area contributed by atoms with Crippen molar-refractivity contribution in [3.63, 3.8) is 0 Å². The largest absolute Gasteiger partial charge is 0.326 e. The fraction of sp³-hybridized carbons (Fsp3) is 0.667. The van der Waals surface area contributed by atoms with Crippen LogP contribution >= 0.6 is 0 Å². The quantitative estimate of drug-likeness (QED) is 0.912. The second-order valence-electron chi connectivity index (χ2n) is 6.71. The molecule has 1 aliphatic carbocycles. The van der Waals surface area contributed by atoms with Gasteiger partial charge in [-0.25, -0.2) is 4.39 Å². The zero-order chi connectivity index (χ0) is 14.8. The van der Waals surface area contributed by atoms with E-state index in [2.05, 4.69) is 11.8 Å². The van der Waals surface area contributed by atoms with Crippen LogP contribution in [-0.4, -0.2) is 23.5 Å². The number of nitrogens with zero attached hydrogens (tertiary/aromatic N) is 1. The van der Waals surface area contributed by atoms with Crippen LogP contribution in [0.1, 0.15) is 57.1 Å². The zero-order valence-corrected chi connectivity index (χ0v) is 13.0. The third-order valence-corrected chi connectivity index (χ3v) is 5.48. The van der Waals surface area contributed by atoms with Crippen LogP contribution in [-0.2, 0) is 0 Å². The summed E-state index contributed by atoms with van der Waals surface area (Å²) in [5.74, 6) is 0.680. The number of nitrogens with two attached hydrogens (primary N) is 1. The summed E-state index contributed by atoms with van der Waals surface area (Å²) < 4.78 is 13.7. The lowest BCUT2D eigenvalue weighted by atomic mass is 9.84. The first-order chi connectivity index (χ1) is 10.2. The van der Waals surface area contributed by atoms with Crippen LogP contribution in [0.4, 0.5) is 4.39 Å². The summed E-state index contributed by atoms with van der Waals surface area (Å²) >= 11 is 0. The summed E-state index contributed by atoms with van der Waals surface area (Å²) in [5, 5.41) is 0. The van der Waals surface area contributed by atoms with Gasteiger partial charge in [-0.1, -0.05) is 31.9 Å². The Morgan fingerprint density at radius 1 is 1.29 bits per heavy atom. The summed E-state index contributed by atoms with van der Waals surface area (Å²) in [6, 6.07) is 7.95. The molecule has 2 aliphatic rings. The van der Waals surface area contributed by atoms with Gasteiger partial charge in [0.2, 0.25) is 0 Å². The van der Waals surface area contributed by atoms with Gasteiger partial charge in [0, 0.05) is 12.1 Å². The smallest absolute Gasteiger partial charge is 0.123 e. The molecule has 2 fully saturated rings. The molecule has 4 unspecified atom stereocenters. The third kappa shape index (κ3) is 3.00. The molecule has 3 heteroatoms. The lowest BCUT2D eigenvalue weighted by Crippen LogP contribution is -2.45. The van der Waals surface area contributed by atoms with Crippen molar-refractivity contribution in [2.45, 2.75) is 63.6 Å². The second-order valence-corrected chi connectivity index (χ2v) is 6.71. The zero-order valence-electron chi connectivity index (χ0n) is 13.0. The van der Waals surface area contributed by atoms with E-state index in [0.29, 0.717) is 6.04 Å². The first-order valence-corrected chi connectivity index (χ1v) is 8.47. The van der Waals surface area contributed by atoms with E-state index in [1.54, 1.807) is 6.07 Å². The van der Waals surface area contributed by atoms with Crippen molar-refractivity contribution in [1.29, 1.82) is 0 Å². The molecule has 21 heavy (non-hydrogen) atoms. The fourth-order valence-electron chi connectivity index (χ4n) is 4.39. The maximum atomic E-state index is 13.7. The maximum Gasteiger partial charge on any atom is 0.123 e. The molecule has 1 aromatic carbocycles. The molecule has 1 saturated carbocycles. The molecule has 3 rings (SSSR count). The van der Waals surface area contributed by atoms with Crippen molar-refractivity contribution in [3.05, 3.63) is 35.6 Å². The molecule has 1 saturated heterocycles. The predicted molar refractivity (Wildman–Crippen MR) is 84.5 cm³/mol. The van der Waals surface area contributed by atoms with Gasteiger partial charge in [-0.3, -0.25) is 4.90 Å². The number of likely N-dealkylation sites (tertiary alicyclic amines) is 1. The Hall–Kier alpha value is -0.930. The molecule has 0 aromatic heterocycles. The van der Waals surface area contributed by atoms with Crippen molar-refractivity contribution in [2.75, 3.05) is 6.54 Å². The normalized spacial score (nSPS) is 29.1. The molecule has 0 amide bonds. The summed E-state index contributed by atoms with van der Waals surface area (Å²) in [5.41, 5.74) is 7.49. The molecule has 1 aliphatic heterocycles. The molecule has 4 atom stereocenters. The summed E-state index contributed by atoms with van der Waals surface area (Å²) in [7, 11) is 0. The molecule has 1 aromatic rings. The Morgan fingerprint density at radius 2 is 2.10 bits per heavy atom. The lowest BCUT2D eigenvalue weighted by molar-refractivity contribution is 0.114. The van der Waals surface area contributed by atoms with Crippen LogP contribution in [0.3, 0.4) is 0 Å². The fourth-order valence-corrected chi connectivity index (χ4v) is 4.39. The molecular formula is C18H27FN2. The maximum absolute atomic E-state index is 13.7. The molecule has 2 N–H and O–H groups in total. The number of halogens is 1. The van der Waals surface area contributed by atoms with Crippen LogP contribution in [0.2, 0.25) is 0 Å². The van der Waals surface area contributed by atoms with E-state index in [0.717, 1.165) is 24.4 Å². The minimum absolute atomic E-state index is 0.0764. The molecule has 0 radical (unpaired) electrons. The predicted octanol–water partition coefficient (Wildman–Crippen LogP) is 3.87. The van der Waals surface area contributed by atoms with Crippen LogP contribution in [0.5, 0.6) is 0 Å². The molecular weight excluding hydrogens is 263 g/mol. The van der Waals surface area contributed by atoms with Gasteiger partial charge in [0.15, 0.2) is 0 Å². The number of hydrogen-bond acceptors (Lipinski definition) is 2. The number of hydrogen-bond donors (Lipinski definition) is 1. The van der Waals surface area contributed by atoms with Crippen molar-refractivity contribution >= 4 is 0 Å². The van der Waals surface area contributed by atoms with E-state index in [4.69, 9.17) is 5.73 Å². The monoisotopic (exact) mass is 290 g/mol. The van der Waals surface area contributed by atoms with Crippen LogP contribution in [0.15, 0.2) is 24.3 Å². The van der Waals surface area contributed by atoms with E-state index in [1.807, 2.05) is 12.1 Å². The highest BCUT2D eigenvalue weighted by Crippen LogP contribution is 2.41. The Morgan fingerprint density at radius 3 is 2.86 bits per heavy atom. The van der Waals surface area contributed by atoms with E-state index in [9.17, 15) is 4.39 Å². The van der Waals surface area contributed by atoms with E-state index in [-0.39, 0.29) is 17.9 Å². The number of benzene rings is 1. The minimum Gasteiger partial charge on any atom is -0.326 e. The van der Waals surface area contributed by atoms with Crippen LogP contribution in [0.25, 0.3) is 0 Å². The molecule has 0 bridgehead atoms. The van der Waals surface area contributed by atoms with Gasteiger partial charge >= 0.3 is 0 Å². The van der Waals surface area contributed by atoms with Gasteiger partial charge in [-0.2, -0.15) is 0 Å². The van der Waals surface area contributed by atoms with Gasteiger partial charge in [0.05, 0.1) is 6.04 Å². The molecule has 2 nitrogen and oxygen atoms in total. The molecule has 0 spiro atoms. The second kappa shape index (κ2) is 6.45. The van der Waals surface area contributed by atoms with Gasteiger partial charge in [-0.05, 0) is 55.8 Å². The Kier molecular flexibility index (Phi) is 4.60. The van der Waals surface area contributed by atoms with Crippen molar-refractivity contribution in [2.24, 2.45) is 11.7 Å². The standard InChI is InChI=1S/C18H27FN2/c1-2-16(20)18(14-7-5-8-15(19)12-14)21-11-10-13-6-3-4-9-17(13)21/h5,7-8,12-13,16-18H,2-4,6,9-11,20H2,1H3. The van der Waals surface area contributed by atoms with E-state index in [1.165, 1.54) is 38.2 Å². The highest BCUT2D eigenvalue weighted by Gasteiger charge is 2.40. The summed E-state index contributed by atoms with van der Waals surface area (Å²) in [6.07, 6.45) is 7.56. The van der Waals surface area contributed by atoms with E-state index >= 15 is 0 Å². The average Bonchev–Trinajstić information content (AvgIpc) is 2.91. The number of fused-ring (bicyclic) bond motifs is 1. The summed E-state index contributed by atoms with van der Waals surface area (Å²) in [4.78, 5) is 2.59. The Labute approximate surface area is 127 Å². The van der Waals surface area contributed by atoms with Crippen molar-refractivity contribution < 1.29 is 4.39 Å². The van der Waals surface area contributed by atoms with Gasteiger partial charge < -0.3 is 5.73 Å². The average molecular weight is 290 g/mol. The summed E-state index contributed by atoms with van der Waals surface area (Å²) in [6.45, 7) is 3.25. The van der Waals surface area contributed by atoms with E-state index < -0.39 is 0 Å². The van der Waals surface area contributed by atoms with Crippen LogP contribution < -0.4 is 5.73 Å². The highest BCUT2D eigenvalue weighted by molar-refractivity contribution is 5.23. The molecule has 1 heterocycles. The topological polar surface area (TPSA) is 29.3 Å².